The highest BCUT2D eigenvalue weighted by atomic mass is 35.5. The van der Waals surface area contributed by atoms with Gasteiger partial charge in [-0.2, -0.15) is 0 Å². The average Bonchev–Trinajstić information content (AvgIpc) is 2.35. The molecule has 0 spiro atoms. The van der Waals surface area contributed by atoms with E-state index in [2.05, 4.69) is 6.92 Å². The summed E-state index contributed by atoms with van der Waals surface area (Å²) in [7, 11) is 0. The van der Waals surface area contributed by atoms with Crippen molar-refractivity contribution in [2.45, 2.75) is 39.0 Å². The van der Waals surface area contributed by atoms with Crippen molar-refractivity contribution in [1.29, 1.82) is 0 Å². The van der Waals surface area contributed by atoms with Crippen molar-refractivity contribution in [3.63, 3.8) is 0 Å². The lowest BCUT2D eigenvalue weighted by molar-refractivity contribution is -0.115. The van der Waals surface area contributed by atoms with Gasteiger partial charge in [-0.15, -0.1) is 11.6 Å². The van der Waals surface area contributed by atoms with Gasteiger partial charge in [0.1, 0.15) is 0 Å². The second-order valence-corrected chi connectivity index (χ2v) is 3.71. The fourth-order valence-electron chi connectivity index (χ4n) is 1.59. The Morgan fingerprint density at radius 1 is 1.33 bits per heavy atom. The second kappa shape index (κ2) is 4.66. The third-order valence-electron chi connectivity index (χ3n) is 2.39. The molecule has 0 fully saturated rings. The maximum Gasteiger partial charge on any atom is 0.159 e. The Morgan fingerprint density at radius 2 is 2.08 bits per heavy atom. The van der Waals surface area contributed by atoms with E-state index in [0.29, 0.717) is 11.7 Å². The molecule has 1 aliphatic carbocycles. The van der Waals surface area contributed by atoms with E-state index in [9.17, 15) is 4.79 Å². The van der Waals surface area contributed by atoms with Crippen LogP contribution in [0, 0.1) is 0 Å². The highest BCUT2D eigenvalue weighted by Crippen LogP contribution is 2.26. The molecule has 68 valence electrons. The third kappa shape index (κ3) is 2.34. The number of halogens is 1. The monoisotopic (exact) mass is 186 g/mol. The number of Topliss-reactive ketones (excluding diaryl/α,β-unsaturated/α-hetero) is 1. The zero-order valence-corrected chi connectivity index (χ0v) is 8.28. The van der Waals surface area contributed by atoms with E-state index in [4.69, 9.17) is 11.6 Å². The lowest BCUT2D eigenvalue weighted by Crippen LogP contribution is -1.96. The predicted octanol–water partition coefficient (Wildman–Crippen LogP) is 3.07. The molecule has 0 saturated heterocycles. The highest BCUT2D eigenvalue weighted by Gasteiger charge is 2.18. The smallest absolute Gasteiger partial charge is 0.159 e. The number of ketones is 1. The van der Waals surface area contributed by atoms with Crippen molar-refractivity contribution in [3.8, 4) is 0 Å². The molecule has 1 nitrogen and oxygen atoms in total. The lowest BCUT2D eigenvalue weighted by Gasteiger charge is -2.00. The zero-order valence-electron chi connectivity index (χ0n) is 7.53. The van der Waals surface area contributed by atoms with Crippen LogP contribution < -0.4 is 0 Å². The molecular formula is C10H15ClO. The van der Waals surface area contributed by atoms with Gasteiger partial charge < -0.3 is 0 Å². The van der Waals surface area contributed by atoms with Gasteiger partial charge in [-0.3, -0.25) is 4.79 Å². The van der Waals surface area contributed by atoms with E-state index in [1.165, 1.54) is 5.57 Å². The van der Waals surface area contributed by atoms with Crippen LogP contribution in [0.1, 0.15) is 39.0 Å². The van der Waals surface area contributed by atoms with Gasteiger partial charge in [0.05, 0.1) is 0 Å². The molecule has 0 saturated carbocycles. The molecule has 0 heterocycles. The topological polar surface area (TPSA) is 17.1 Å². The molecule has 0 aliphatic heterocycles. The molecular weight excluding hydrogens is 172 g/mol. The van der Waals surface area contributed by atoms with Gasteiger partial charge in [0.25, 0.3) is 0 Å². The molecule has 0 aromatic rings. The van der Waals surface area contributed by atoms with Crippen molar-refractivity contribution >= 4 is 17.4 Å². The van der Waals surface area contributed by atoms with Crippen LogP contribution in [0.2, 0.25) is 0 Å². The van der Waals surface area contributed by atoms with E-state index in [-0.39, 0.29) is 0 Å². The summed E-state index contributed by atoms with van der Waals surface area (Å²) in [5.41, 5.74) is 2.38. The first kappa shape index (κ1) is 9.79. The molecule has 0 bridgehead atoms. The maximum atomic E-state index is 11.3. The predicted molar refractivity (Wildman–Crippen MR) is 51.5 cm³/mol. The van der Waals surface area contributed by atoms with E-state index >= 15 is 0 Å². The molecule has 0 amide bonds. The normalized spacial score (nSPS) is 17.7. The number of carbonyl (C=O) groups excluding carboxylic acids is 1. The van der Waals surface area contributed by atoms with Crippen LogP contribution >= 0.6 is 11.6 Å². The van der Waals surface area contributed by atoms with Crippen LogP contribution in [0.15, 0.2) is 11.1 Å². The lowest BCUT2D eigenvalue weighted by atomic mass is 10.1. The highest BCUT2D eigenvalue weighted by molar-refractivity contribution is 6.17. The van der Waals surface area contributed by atoms with Crippen LogP contribution in [-0.2, 0) is 4.79 Å². The van der Waals surface area contributed by atoms with Gasteiger partial charge in [0.15, 0.2) is 5.78 Å². The molecule has 12 heavy (non-hydrogen) atoms. The number of hydrogen-bond acceptors (Lipinski definition) is 1. The molecule has 0 unspecified atom stereocenters. The minimum Gasteiger partial charge on any atom is -0.295 e. The Balaban J connectivity index is 2.39. The van der Waals surface area contributed by atoms with E-state index in [1.54, 1.807) is 0 Å². The summed E-state index contributed by atoms with van der Waals surface area (Å²) < 4.78 is 0. The molecule has 0 aromatic heterocycles. The van der Waals surface area contributed by atoms with Crippen molar-refractivity contribution in [2.24, 2.45) is 0 Å². The number of unbranched alkanes of at least 4 members (excludes halogenated alkanes) is 1. The summed E-state index contributed by atoms with van der Waals surface area (Å²) in [4.78, 5) is 11.3. The summed E-state index contributed by atoms with van der Waals surface area (Å²) in [6, 6.07) is 0. The van der Waals surface area contributed by atoms with Gasteiger partial charge in [-0.05, 0) is 38.2 Å². The Hall–Kier alpha value is -0.300. The van der Waals surface area contributed by atoms with Crippen molar-refractivity contribution in [2.75, 3.05) is 5.88 Å². The van der Waals surface area contributed by atoms with E-state index < -0.39 is 0 Å². The Bertz CT molecular complexity index is 206. The van der Waals surface area contributed by atoms with E-state index in [1.807, 2.05) is 0 Å². The third-order valence-corrected chi connectivity index (χ3v) is 2.66. The minimum atomic E-state index is 0.363. The SMILES string of the molecule is CC1=C(CCCCCl)C(=O)CC1. The molecule has 0 aromatic carbocycles. The summed E-state index contributed by atoms with van der Waals surface area (Å²) in [6.07, 6.45) is 4.74. The Morgan fingerprint density at radius 3 is 2.58 bits per heavy atom. The average molecular weight is 187 g/mol. The summed E-state index contributed by atoms with van der Waals surface area (Å²) in [6.45, 7) is 2.07. The van der Waals surface area contributed by atoms with Crippen molar-refractivity contribution in [1.82, 2.24) is 0 Å². The fourth-order valence-corrected chi connectivity index (χ4v) is 1.78. The van der Waals surface area contributed by atoms with Crippen LogP contribution in [0.5, 0.6) is 0 Å². The van der Waals surface area contributed by atoms with Crippen molar-refractivity contribution < 1.29 is 4.79 Å². The van der Waals surface area contributed by atoms with Crippen LogP contribution in [0.3, 0.4) is 0 Å². The first-order chi connectivity index (χ1) is 5.75. The van der Waals surface area contributed by atoms with Gasteiger partial charge in [-0.1, -0.05) is 5.57 Å². The minimum absolute atomic E-state index is 0.363. The van der Waals surface area contributed by atoms with Crippen LogP contribution in [0.25, 0.3) is 0 Å². The number of rotatable bonds is 4. The van der Waals surface area contributed by atoms with Gasteiger partial charge in [-0.25, -0.2) is 0 Å². The first-order valence-electron chi connectivity index (χ1n) is 4.53. The maximum absolute atomic E-state index is 11.3. The largest absolute Gasteiger partial charge is 0.295 e. The molecule has 1 rings (SSSR count). The summed E-state index contributed by atoms with van der Waals surface area (Å²) >= 11 is 5.56. The number of alkyl halides is 1. The van der Waals surface area contributed by atoms with E-state index in [0.717, 1.165) is 37.7 Å². The molecule has 1 aliphatic rings. The fraction of sp³-hybridized carbons (Fsp3) is 0.700. The van der Waals surface area contributed by atoms with Gasteiger partial charge in [0, 0.05) is 12.3 Å². The summed E-state index contributed by atoms with van der Waals surface area (Å²) in [5.74, 6) is 1.07. The van der Waals surface area contributed by atoms with Crippen LogP contribution in [0.4, 0.5) is 0 Å². The zero-order chi connectivity index (χ0) is 8.97. The standard InChI is InChI=1S/C10H15ClO/c1-8-5-6-10(12)9(8)4-2-3-7-11/h2-7H2,1H3. The Labute approximate surface area is 78.8 Å². The van der Waals surface area contributed by atoms with Crippen LogP contribution in [-0.4, -0.2) is 11.7 Å². The number of hydrogen-bond donors (Lipinski definition) is 0. The number of allylic oxidation sites excluding steroid dienone is 2. The Kier molecular flexibility index (Phi) is 3.80. The molecule has 2 heteroatoms. The number of carbonyl (C=O) groups is 1. The van der Waals surface area contributed by atoms with Crippen molar-refractivity contribution in [3.05, 3.63) is 11.1 Å². The molecule has 0 N–H and O–H groups in total. The van der Waals surface area contributed by atoms with Gasteiger partial charge >= 0.3 is 0 Å². The quantitative estimate of drug-likeness (QED) is 0.487. The summed E-state index contributed by atoms with van der Waals surface area (Å²) in [5, 5.41) is 0. The second-order valence-electron chi connectivity index (χ2n) is 3.33. The first-order valence-corrected chi connectivity index (χ1v) is 5.07. The van der Waals surface area contributed by atoms with Gasteiger partial charge in [0.2, 0.25) is 0 Å². The molecule has 0 radical (unpaired) electrons. The molecule has 0 atom stereocenters.